The van der Waals surface area contributed by atoms with Crippen LogP contribution in [0.5, 0.6) is 0 Å². The zero-order chi connectivity index (χ0) is 17.1. The second-order valence-electron chi connectivity index (χ2n) is 6.15. The van der Waals surface area contributed by atoms with Crippen LogP contribution in [-0.2, 0) is 0 Å². The van der Waals surface area contributed by atoms with Gasteiger partial charge in [-0.3, -0.25) is 4.79 Å². The number of aromatic nitrogens is 2. The largest absolute Gasteiger partial charge is 0.321 e. The Morgan fingerprint density at radius 2 is 1.83 bits per heavy atom. The van der Waals surface area contributed by atoms with Gasteiger partial charge >= 0.3 is 0 Å². The molecular weight excluding hydrogens is 298 g/mol. The molecule has 4 heteroatoms. The number of nitrogens with one attached hydrogen (secondary N) is 1. The third-order valence-electron chi connectivity index (χ3n) is 4.06. The predicted molar refractivity (Wildman–Crippen MR) is 96.8 cm³/mol. The lowest BCUT2D eigenvalue weighted by molar-refractivity contribution is 0.102. The summed E-state index contributed by atoms with van der Waals surface area (Å²) in [5.74, 6) is 0.251. The van der Waals surface area contributed by atoms with Crippen molar-refractivity contribution in [2.24, 2.45) is 0 Å². The normalized spacial score (nSPS) is 10.8. The number of hydrogen-bond acceptors (Lipinski definition) is 2. The lowest BCUT2D eigenvalue weighted by Crippen LogP contribution is -2.15. The van der Waals surface area contributed by atoms with Gasteiger partial charge in [-0.1, -0.05) is 32.0 Å². The van der Waals surface area contributed by atoms with E-state index in [2.05, 4.69) is 30.3 Å². The van der Waals surface area contributed by atoms with Crippen molar-refractivity contribution in [3.05, 3.63) is 77.6 Å². The van der Waals surface area contributed by atoms with Crippen LogP contribution in [-0.4, -0.2) is 15.7 Å². The van der Waals surface area contributed by atoms with E-state index in [1.807, 2.05) is 55.6 Å². The summed E-state index contributed by atoms with van der Waals surface area (Å²) in [5.41, 5.74) is 4.69. The van der Waals surface area contributed by atoms with E-state index in [0.29, 0.717) is 11.5 Å². The van der Waals surface area contributed by atoms with Gasteiger partial charge in [0, 0.05) is 23.6 Å². The van der Waals surface area contributed by atoms with Gasteiger partial charge in [-0.15, -0.1) is 0 Å². The van der Waals surface area contributed by atoms with Crippen LogP contribution in [0, 0.1) is 6.92 Å². The molecule has 1 heterocycles. The summed E-state index contributed by atoms with van der Waals surface area (Å²) in [6.45, 7) is 6.27. The molecule has 0 aliphatic rings. The molecule has 0 radical (unpaired) electrons. The Morgan fingerprint density at radius 1 is 1.08 bits per heavy atom. The fourth-order valence-corrected chi connectivity index (χ4v) is 2.72. The van der Waals surface area contributed by atoms with E-state index in [1.165, 1.54) is 0 Å². The maximum atomic E-state index is 12.6. The van der Waals surface area contributed by atoms with Crippen molar-refractivity contribution in [2.75, 3.05) is 5.32 Å². The SMILES string of the molecule is Cc1cccc(C(C)C)c1NC(=O)c1ccc(-n2cccn2)cc1. The number of amides is 1. The number of carbonyl (C=O) groups excluding carboxylic acids is 1. The lowest BCUT2D eigenvalue weighted by atomic mass is 9.98. The maximum absolute atomic E-state index is 12.6. The van der Waals surface area contributed by atoms with E-state index >= 15 is 0 Å². The van der Waals surface area contributed by atoms with E-state index in [0.717, 1.165) is 22.5 Å². The summed E-state index contributed by atoms with van der Waals surface area (Å²) in [7, 11) is 0. The zero-order valence-corrected chi connectivity index (χ0v) is 14.2. The van der Waals surface area contributed by atoms with Gasteiger partial charge in [0.25, 0.3) is 5.91 Å². The van der Waals surface area contributed by atoms with E-state index in [-0.39, 0.29) is 5.91 Å². The van der Waals surface area contributed by atoms with Gasteiger partial charge < -0.3 is 5.32 Å². The molecule has 122 valence electrons. The smallest absolute Gasteiger partial charge is 0.255 e. The average Bonchev–Trinajstić information content (AvgIpc) is 3.11. The topological polar surface area (TPSA) is 46.9 Å². The molecule has 1 N–H and O–H groups in total. The average molecular weight is 319 g/mol. The molecule has 24 heavy (non-hydrogen) atoms. The molecule has 1 amide bonds. The highest BCUT2D eigenvalue weighted by atomic mass is 16.1. The van der Waals surface area contributed by atoms with Crippen molar-refractivity contribution in [2.45, 2.75) is 26.7 Å². The number of hydrogen-bond donors (Lipinski definition) is 1. The number of rotatable bonds is 4. The van der Waals surface area contributed by atoms with Gasteiger partial charge in [-0.05, 0) is 54.3 Å². The number of aryl methyl sites for hydroxylation is 1. The molecule has 0 unspecified atom stereocenters. The first-order chi connectivity index (χ1) is 11.6. The van der Waals surface area contributed by atoms with Gasteiger partial charge in [0.05, 0.1) is 5.69 Å². The molecule has 1 aromatic heterocycles. The summed E-state index contributed by atoms with van der Waals surface area (Å²) in [6, 6.07) is 15.4. The quantitative estimate of drug-likeness (QED) is 0.766. The summed E-state index contributed by atoms with van der Waals surface area (Å²) < 4.78 is 1.76. The molecule has 4 nitrogen and oxygen atoms in total. The fraction of sp³-hybridized carbons (Fsp3) is 0.200. The maximum Gasteiger partial charge on any atom is 0.255 e. The Balaban J connectivity index is 1.83. The highest BCUT2D eigenvalue weighted by Gasteiger charge is 2.13. The first-order valence-corrected chi connectivity index (χ1v) is 8.07. The second kappa shape index (κ2) is 6.71. The fourth-order valence-electron chi connectivity index (χ4n) is 2.72. The monoisotopic (exact) mass is 319 g/mol. The molecule has 0 spiro atoms. The van der Waals surface area contributed by atoms with Crippen molar-refractivity contribution < 1.29 is 4.79 Å². The lowest BCUT2D eigenvalue weighted by Gasteiger charge is -2.16. The van der Waals surface area contributed by atoms with Gasteiger partial charge in [0.2, 0.25) is 0 Å². The molecule has 0 aliphatic carbocycles. The summed E-state index contributed by atoms with van der Waals surface area (Å²) in [6.07, 6.45) is 3.60. The third-order valence-corrected chi connectivity index (χ3v) is 4.06. The van der Waals surface area contributed by atoms with Gasteiger partial charge in [0.15, 0.2) is 0 Å². The summed E-state index contributed by atoms with van der Waals surface area (Å²) in [4.78, 5) is 12.6. The van der Waals surface area contributed by atoms with Crippen molar-refractivity contribution in [1.29, 1.82) is 0 Å². The molecular formula is C20H21N3O. The number of benzene rings is 2. The van der Waals surface area contributed by atoms with Crippen LogP contribution in [0.2, 0.25) is 0 Å². The number of nitrogens with zero attached hydrogens (tertiary/aromatic N) is 2. The first-order valence-electron chi connectivity index (χ1n) is 8.07. The van der Waals surface area contributed by atoms with E-state index in [9.17, 15) is 4.79 Å². The Hall–Kier alpha value is -2.88. The van der Waals surface area contributed by atoms with Crippen LogP contribution in [0.4, 0.5) is 5.69 Å². The molecule has 0 fully saturated rings. The van der Waals surface area contributed by atoms with Crippen molar-refractivity contribution in [1.82, 2.24) is 9.78 Å². The van der Waals surface area contributed by atoms with Crippen LogP contribution in [0.3, 0.4) is 0 Å². The van der Waals surface area contributed by atoms with Crippen LogP contribution in [0.15, 0.2) is 60.9 Å². The number of anilines is 1. The molecule has 0 saturated heterocycles. The molecule has 3 rings (SSSR count). The van der Waals surface area contributed by atoms with Crippen LogP contribution in [0.1, 0.15) is 41.3 Å². The van der Waals surface area contributed by atoms with Crippen molar-refractivity contribution >= 4 is 11.6 Å². The van der Waals surface area contributed by atoms with Gasteiger partial charge in [-0.2, -0.15) is 5.10 Å². The first kappa shape index (κ1) is 16.0. The Kier molecular flexibility index (Phi) is 4.47. The summed E-state index contributed by atoms with van der Waals surface area (Å²) in [5, 5.41) is 7.26. The molecule has 0 saturated carbocycles. The Bertz CT molecular complexity index is 834. The minimum absolute atomic E-state index is 0.0989. The van der Waals surface area contributed by atoms with Gasteiger partial charge in [0.1, 0.15) is 0 Å². The Morgan fingerprint density at radius 3 is 2.46 bits per heavy atom. The second-order valence-corrected chi connectivity index (χ2v) is 6.15. The Labute approximate surface area is 142 Å². The van der Waals surface area contributed by atoms with E-state index < -0.39 is 0 Å². The van der Waals surface area contributed by atoms with Crippen LogP contribution < -0.4 is 5.32 Å². The van der Waals surface area contributed by atoms with Crippen LogP contribution >= 0.6 is 0 Å². The third kappa shape index (κ3) is 3.23. The number of para-hydroxylation sites is 1. The standard InChI is InChI=1S/C20H21N3O/c1-14(2)18-7-4-6-15(3)19(18)22-20(24)16-8-10-17(11-9-16)23-13-5-12-21-23/h4-14H,1-3H3,(H,22,24). The van der Waals surface area contributed by atoms with E-state index in [4.69, 9.17) is 0 Å². The molecule has 3 aromatic rings. The molecule has 2 aromatic carbocycles. The minimum atomic E-state index is -0.0989. The highest BCUT2D eigenvalue weighted by Crippen LogP contribution is 2.27. The van der Waals surface area contributed by atoms with E-state index in [1.54, 1.807) is 10.9 Å². The van der Waals surface area contributed by atoms with Gasteiger partial charge in [-0.25, -0.2) is 4.68 Å². The highest BCUT2D eigenvalue weighted by molar-refractivity contribution is 6.05. The van der Waals surface area contributed by atoms with Crippen molar-refractivity contribution in [3.8, 4) is 5.69 Å². The van der Waals surface area contributed by atoms with Crippen molar-refractivity contribution in [3.63, 3.8) is 0 Å². The molecule has 0 aliphatic heterocycles. The molecule has 0 bridgehead atoms. The summed E-state index contributed by atoms with van der Waals surface area (Å²) >= 11 is 0. The number of carbonyl (C=O) groups is 1. The predicted octanol–water partition coefficient (Wildman–Crippen LogP) is 4.56. The minimum Gasteiger partial charge on any atom is -0.321 e. The zero-order valence-electron chi connectivity index (χ0n) is 14.2. The van der Waals surface area contributed by atoms with Crippen LogP contribution in [0.25, 0.3) is 5.69 Å². The molecule has 0 atom stereocenters.